The standard InChI is InChI=1S/C13H14O/c1-7-6-11-12(10(7)4)8(2)5-9(3)13(11)14/h5-6,14H,4H2,1-3H3. The summed E-state index contributed by atoms with van der Waals surface area (Å²) in [4.78, 5) is 0. The molecule has 0 heterocycles. The van der Waals surface area contributed by atoms with Crippen molar-refractivity contribution in [2.45, 2.75) is 20.8 Å². The molecule has 0 aromatic heterocycles. The minimum atomic E-state index is 0.392. The maximum absolute atomic E-state index is 9.89. The van der Waals surface area contributed by atoms with E-state index in [0.29, 0.717) is 5.75 Å². The predicted molar refractivity (Wildman–Crippen MR) is 60.3 cm³/mol. The van der Waals surface area contributed by atoms with Gasteiger partial charge in [0.1, 0.15) is 5.75 Å². The van der Waals surface area contributed by atoms with E-state index < -0.39 is 0 Å². The Morgan fingerprint density at radius 3 is 2.43 bits per heavy atom. The number of fused-ring (bicyclic) bond motifs is 1. The van der Waals surface area contributed by atoms with E-state index in [1.807, 2.05) is 26.0 Å². The Balaban J connectivity index is 2.82. The largest absolute Gasteiger partial charge is 0.507 e. The molecular weight excluding hydrogens is 172 g/mol. The van der Waals surface area contributed by atoms with E-state index in [4.69, 9.17) is 0 Å². The van der Waals surface area contributed by atoms with Crippen LogP contribution < -0.4 is 0 Å². The van der Waals surface area contributed by atoms with Gasteiger partial charge in [-0.05, 0) is 54.7 Å². The van der Waals surface area contributed by atoms with E-state index >= 15 is 0 Å². The second-order valence-corrected chi connectivity index (χ2v) is 3.95. The molecule has 0 spiro atoms. The zero-order valence-electron chi connectivity index (χ0n) is 8.81. The van der Waals surface area contributed by atoms with Gasteiger partial charge in [-0.3, -0.25) is 0 Å². The molecule has 0 radical (unpaired) electrons. The molecule has 1 aromatic rings. The van der Waals surface area contributed by atoms with E-state index in [1.54, 1.807) is 0 Å². The average Bonchev–Trinajstić information content (AvgIpc) is 2.40. The number of rotatable bonds is 0. The molecule has 0 fully saturated rings. The molecule has 1 heteroatoms. The first-order valence-electron chi connectivity index (χ1n) is 4.73. The van der Waals surface area contributed by atoms with Crippen molar-refractivity contribution in [2.24, 2.45) is 0 Å². The molecule has 0 atom stereocenters. The van der Waals surface area contributed by atoms with Crippen LogP contribution in [0.4, 0.5) is 0 Å². The van der Waals surface area contributed by atoms with Crippen LogP contribution in [0.2, 0.25) is 0 Å². The first-order valence-corrected chi connectivity index (χ1v) is 4.73. The molecule has 1 aliphatic rings. The average molecular weight is 186 g/mol. The van der Waals surface area contributed by atoms with E-state index in [2.05, 4.69) is 13.5 Å². The zero-order valence-corrected chi connectivity index (χ0v) is 8.81. The summed E-state index contributed by atoms with van der Waals surface area (Å²) in [5.41, 5.74) is 6.33. The van der Waals surface area contributed by atoms with Crippen molar-refractivity contribution in [2.75, 3.05) is 0 Å². The van der Waals surface area contributed by atoms with Gasteiger partial charge in [0.2, 0.25) is 0 Å². The lowest BCUT2D eigenvalue weighted by molar-refractivity contribution is 0.469. The van der Waals surface area contributed by atoms with Gasteiger partial charge in [0.05, 0.1) is 0 Å². The normalized spacial score (nSPS) is 14.2. The van der Waals surface area contributed by atoms with E-state index in [1.165, 1.54) is 5.56 Å². The summed E-state index contributed by atoms with van der Waals surface area (Å²) < 4.78 is 0. The first kappa shape index (κ1) is 9.07. The van der Waals surface area contributed by atoms with E-state index in [0.717, 1.165) is 27.8 Å². The zero-order chi connectivity index (χ0) is 10.5. The van der Waals surface area contributed by atoms with Crippen molar-refractivity contribution in [3.63, 3.8) is 0 Å². The molecule has 14 heavy (non-hydrogen) atoms. The third kappa shape index (κ3) is 1.02. The molecular formula is C13H14O. The molecule has 0 aliphatic heterocycles. The Bertz CT molecular complexity index is 465. The minimum Gasteiger partial charge on any atom is -0.507 e. The fraction of sp³-hybridized carbons (Fsp3) is 0.231. The van der Waals surface area contributed by atoms with Gasteiger partial charge >= 0.3 is 0 Å². The van der Waals surface area contributed by atoms with Crippen LogP contribution in [-0.4, -0.2) is 5.11 Å². The Hall–Kier alpha value is -1.50. The topological polar surface area (TPSA) is 20.2 Å². The number of allylic oxidation sites excluding steroid dienone is 2. The van der Waals surface area contributed by atoms with Crippen LogP contribution in [-0.2, 0) is 0 Å². The SMILES string of the molecule is C=C1C(C)=Cc2c(O)c(C)cc(C)c21. The minimum absolute atomic E-state index is 0.392. The quantitative estimate of drug-likeness (QED) is 0.658. The Kier molecular flexibility index (Phi) is 1.78. The van der Waals surface area contributed by atoms with E-state index in [9.17, 15) is 5.11 Å². The Labute approximate surface area is 84.4 Å². The van der Waals surface area contributed by atoms with Crippen molar-refractivity contribution in [3.8, 4) is 5.75 Å². The highest BCUT2D eigenvalue weighted by molar-refractivity contribution is 5.96. The van der Waals surface area contributed by atoms with Gasteiger partial charge in [-0.1, -0.05) is 12.6 Å². The molecule has 1 N–H and O–H groups in total. The fourth-order valence-electron chi connectivity index (χ4n) is 2.05. The Morgan fingerprint density at radius 2 is 1.79 bits per heavy atom. The summed E-state index contributed by atoms with van der Waals surface area (Å²) in [5, 5.41) is 9.89. The van der Waals surface area contributed by atoms with Gasteiger partial charge in [0, 0.05) is 5.56 Å². The summed E-state index contributed by atoms with van der Waals surface area (Å²) in [5.74, 6) is 0.392. The van der Waals surface area contributed by atoms with Crippen LogP contribution in [0.3, 0.4) is 0 Å². The lowest BCUT2D eigenvalue weighted by Crippen LogP contribution is -1.90. The van der Waals surface area contributed by atoms with Crippen LogP contribution >= 0.6 is 0 Å². The molecule has 0 saturated carbocycles. The maximum Gasteiger partial charge on any atom is 0.126 e. The van der Waals surface area contributed by atoms with Gasteiger partial charge in [-0.15, -0.1) is 0 Å². The van der Waals surface area contributed by atoms with Crippen molar-refractivity contribution in [1.82, 2.24) is 0 Å². The monoisotopic (exact) mass is 186 g/mol. The lowest BCUT2D eigenvalue weighted by Gasteiger charge is -2.10. The molecule has 0 unspecified atom stereocenters. The molecule has 0 amide bonds. The van der Waals surface area contributed by atoms with Gasteiger partial charge in [-0.2, -0.15) is 0 Å². The van der Waals surface area contributed by atoms with Gasteiger partial charge in [0.15, 0.2) is 0 Å². The van der Waals surface area contributed by atoms with Gasteiger partial charge < -0.3 is 5.11 Å². The summed E-state index contributed by atoms with van der Waals surface area (Å²) in [7, 11) is 0. The van der Waals surface area contributed by atoms with Crippen molar-refractivity contribution >= 4 is 11.6 Å². The number of phenols is 1. The number of hydrogen-bond donors (Lipinski definition) is 1. The highest BCUT2D eigenvalue weighted by Crippen LogP contribution is 2.41. The van der Waals surface area contributed by atoms with Crippen LogP contribution in [0.1, 0.15) is 29.2 Å². The lowest BCUT2D eigenvalue weighted by atomic mass is 9.96. The van der Waals surface area contributed by atoms with Crippen molar-refractivity contribution in [3.05, 3.63) is 40.5 Å². The number of benzene rings is 1. The van der Waals surface area contributed by atoms with Crippen molar-refractivity contribution in [1.29, 1.82) is 0 Å². The number of aromatic hydroxyl groups is 1. The van der Waals surface area contributed by atoms with Crippen LogP contribution in [0.25, 0.3) is 11.6 Å². The second kappa shape index (κ2) is 2.74. The van der Waals surface area contributed by atoms with Crippen LogP contribution in [0.15, 0.2) is 18.2 Å². The molecule has 0 saturated heterocycles. The molecule has 0 bridgehead atoms. The van der Waals surface area contributed by atoms with Crippen LogP contribution in [0.5, 0.6) is 5.75 Å². The predicted octanol–water partition coefficient (Wildman–Crippen LogP) is 3.44. The van der Waals surface area contributed by atoms with Gasteiger partial charge in [-0.25, -0.2) is 0 Å². The highest BCUT2D eigenvalue weighted by atomic mass is 16.3. The highest BCUT2D eigenvalue weighted by Gasteiger charge is 2.20. The summed E-state index contributed by atoms with van der Waals surface area (Å²) >= 11 is 0. The number of phenolic OH excluding ortho intramolecular Hbond substituents is 1. The molecule has 72 valence electrons. The van der Waals surface area contributed by atoms with Gasteiger partial charge in [0.25, 0.3) is 0 Å². The third-order valence-corrected chi connectivity index (χ3v) is 2.86. The molecule has 1 aliphatic carbocycles. The summed E-state index contributed by atoms with van der Waals surface area (Å²) in [6.07, 6.45) is 2.01. The van der Waals surface area contributed by atoms with Crippen LogP contribution in [0, 0.1) is 13.8 Å². The van der Waals surface area contributed by atoms with E-state index in [-0.39, 0.29) is 0 Å². The number of hydrogen-bond acceptors (Lipinski definition) is 1. The smallest absolute Gasteiger partial charge is 0.126 e. The van der Waals surface area contributed by atoms with Crippen molar-refractivity contribution < 1.29 is 5.11 Å². The molecule has 1 aromatic carbocycles. The third-order valence-electron chi connectivity index (χ3n) is 2.86. The fourth-order valence-corrected chi connectivity index (χ4v) is 2.05. The second-order valence-electron chi connectivity index (χ2n) is 3.95. The molecule has 2 rings (SSSR count). The summed E-state index contributed by atoms with van der Waals surface area (Å²) in [6.45, 7) is 10.0. The molecule has 1 nitrogen and oxygen atoms in total. The summed E-state index contributed by atoms with van der Waals surface area (Å²) in [6, 6.07) is 2.01. The Morgan fingerprint density at radius 1 is 1.14 bits per heavy atom. The number of aryl methyl sites for hydroxylation is 2. The first-order chi connectivity index (χ1) is 6.52. The maximum atomic E-state index is 9.89.